The topological polar surface area (TPSA) is 36.4 Å². The summed E-state index contributed by atoms with van der Waals surface area (Å²) in [6.07, 6.45) is 3.11. The van der Waals surface area contributed by atoms with Gasteiger partial charge in [0.1, 0.15) is 0 Å². The number of piperazine rings is 1. The number of carbonyl (C=O) groups is 1. The van der Waals surface area contributed by atoms with Crippen LogP contribution < -0.4 is 0 Å². The lowest BCUT2D eigenvalue weighted by molar-refractivity contribution is 0.0637. The fourth-order valence-corrected chi connectivity index (χ4v) is 4.06. The predicted octanol–water partition coefficient (Wildman–Crippen LogP) is 4.10. The number of carbonyl (C=O) groups excluding carboxylic acids is 1. The summed E-state index contributed by atoms with van der Waals surface area (Å²) < 4.78 is 0. The third-order valence-electron chi connectivity index (χ3n) is 4.63. The first kappa shape index (κ1) is 18.1. The molecule has 1 aliphatic rings. The fourth-order valence-electron chi connectivity index (χ4n) is 3.14. The van der Waals surface area contributed by atoms with Crippen LogP contribution in [0.1, 0.15) is 48.5 Å². The Balaban J connectivity index is 1.64. The SMILES string of the molecule is CCCN1CCN(C(=O)c2ccc(-c3cnc(C(C)C)s3)cc2)CC1. The van der Waals surface area contributed by atoms with Crippen LogP contribution in [0.25, 0.3) is 10.4 Å². The third-order valence-corrected chi connectivity index (χ3v) is 5.98. The van der Waals surface area contributed by atoms with E-state index in [4.69, 9.17) is 0 Å². The molecule has 25 heavy (non-hydrogen) atoms. The van der Waals surface area contributed by atoms with Crippen molar-refractivity contribution >= 4 is 17.2 Å². The quantitative estimate of drug-likeness (QED) is 0.808. The van der Waals surface area contributed by atoms with Gasteiger partial charge in [-0.15, -0.1) is 11.3 Å². The van der Waals surface area contributed by atoms with E-state index in [9.17, 15) is 4.79 Å². The van der Waals surface area contributed by atoms with Crippen molar-refractivity contribution in [1.82, 2.24) is 14.8 Å². The minimum atomic E-state index is 0.148. The zero-order valence-corrected chi connectivity index (χ0v) is 16.2. The molecule has 1 aromatic carbocycles. The van der Waals surface area contributed by atoms with Crippen molar-refractivity contribution in [3.8, 4) is 10.4 Å². The van der Waals surface area contributed by atoms with Crippen LogP contribution in [0, 0.1) is 0 Å². The highest BCUT2D eigenvalue weighted by molar-refractivity contribution is 7.15. The van der Waals surface area contributed by atoms with Crippen molar-refractivity contribution < 1.29 is 4.79 Å². The maximum atomic E-state index is 12.7. The van der Waals surface area contributed by atoms with Crippen molar-refractivity contribution in [2.24, 2.45) is 0 Å². The molecule has 0 saturated carbocycles. The molecule has 1 amide bonds. The molecule has 1 aliphatic heterocycles. The van der Waals surface area contributed by atoms with Gasteiger partial charge in [-0.2, -0.15) is 0 Å². The van der Waals surface area contributed by atoms with E-state index < -0.39 is 0 Å². The average molecular weight is 358 g/mol. The second-order valence-electron chi connectivity index (χ2n) is 6.93. The predicted molar refractivity (Wildman–Crippen MR) is 104 cm³/mol. The van der Waals surface area contributed by atoms with Gasteiger partial charge in [-0.05, 0) is 30.7 Å². The zero-order valence-electron chi connectivity index (χ0n) is 15.4. The Hall–Kier alpha value is -1.72. The van der Waals surface area contributed by atoms with Gasteiger partial charge in [-0.1, -0.05) is 32.9 Å². The Morgan fingerprint density at radius 1 is 1.16 bits per heavy atom. The molecule has 2 heterocycles. The molecule has 5 heteroatoms. The highest BCUT2D eigenvalue weighted by Gasteiger charge is 2.21. The molecule has 134 valence electrons. The Labute approximate surface area is 154 Å². The maximum absolute atomic E-state index is 12.7. The van der Waals surface area contributed by atoms with Crippen LogP contribution in [-0.2, 0) is 0 Å². The molecule has 1 saturated heterocycles. The van der Waals surface area contributed by atoms with Gasteiger partial charge in [0.2, 0.25) is 0 Å². The Morgan fingerprint density at radius 3 is 2.40 bits per heavy atom. The first-order valence-corrected chi connectivity index (χ1v) is 9.98. The van der Waals surface area contributed by atoms with Crippen molar-refractivity contribution in [3.05, 3.63) is 41.0 Å². The number of nitrogens with zero attached hydrogens (tertiary/aromatic N) is 3. The van der Waals surface area contributed by atoms with E-state index in [-0.39, 0.29) is 5.91 Å². The van der Waals surface area contributed by atoms with Crippen molar-refractivity contribution in [2.75, 3.05) is 32.7 Å². The van der Waals surface area contributed by atoms with Crippen LogP contribution in [0.4, 0.5) is 0 Å². The zero-order chi connectivity index (χ0) is 17.8. The largest absolute Gasteiger partial charge is 0.336 e. The molecule has 0 atom stereocenters. The van der Waals surface area contributed by atoms with E-state index in [0.29, 0.717) is 5.92 Å². The molecular weight excluding hydrogens is 330 g/mol. The summed E-state index contributed by atoms with van der Waals surface area (Å²) in [7, 11) is 0. The van der Waals surface area contributed by atoms with E-state index in [0.717, 1.165) is 53.7 Å². The Bertz CT molecular complexity index is 700. The van der Waals surface area contributed by atoms with Crippen LogP contribution in [0.2, 0.25) is 0 Å². The first-order valence-electron chi connectivity index (χ1n) is 9.16. The summed E-state index contributed by atoms with van der Waals surface area (Å²) in [6, 6.07) is 7.98. The highest BCUT2D eigenvalue weighted by atomic mass is 32.1. The molecule has 2 aromatic rings. The number of hydrogen-bond donors (Lipinski definition) is 0. The van der Waals surface area contributed by atoms with Crippen LogP contribution in [0.5, 0.6) is 0 Å². The van der Waals surface area contributed by atoms with E-state index in [1.165, 1.54) is 6.42 Å². The van der Waals surface area contributed by atoms with E-state index >= 15 is 0 Å². The van der Waals surface area contributed by atoms with Crippen LogP contribution >= 0.6 is 11.3 Å². The summed E-state index contributed by atoms with van der Waals surface area (Å²) in [5.41, 5.74) is 1.91. The van der Waals surface area contributed by atoms with Crippen molar-refractivity contribution in [1.29, 1.82) is 0 Å². The fraction of sp³-hybridized carbons (Fsp3) is 0.500. The van der Waals surface area contributed by atoms with Gasteiger partial charge in [0, 0.05) is 43.9 Å². The number of aromatic nitrogens is 1. The molecule has 0 unspecified atom stereocenters. The van der Waals surface area contributed by atoms with Gasteiger partial charge >= 0.3 is 0 Å². The first-order chi connectivity index (χ1) is 12.1. The van der Waals surface area contributed by atoms with Gasteiger partial charge < -0.3 is 4.90 Å². The minimum absolute atomic E-state index is 0.148. The lowest BCUT2D eigenvalue weighted by atomic mass is 10.1. The number of amides is 1. The highest BCUT2D eigenvalue weighted by Crippen LogP contribution is 2.30. The molecule has 0 spiro atoms. The number of thiazole rings is 1. The van der Waals surface area contributed by atoms with E-state index in [1.807, 2.05) is 35.4 Å². The standard InChI is InChI=1S/C20H27N3OS/c1-4-9-22-10-12-23(13-11-22)20(24)17-7-5-16(6-8-17)18-14-21-19(25-18)15(2)3/h5-8,14-15H,4,9-13H2,1-3H3. The number of hydrogen-bond acceptors (Lipinski definition) is 4. The molecule has 0 aliphatic carbocycles. The molecule has 0 N–H and O–H groups in total. The normalized spacial score (nSPS) is 15.8. The molecular formula is C20H27N3OS. The smallest absolute Gasteiger partial charge is 0.253 e. The number of benzene rings is 1. The molecule has 1 aromatic heterocycles. The monoisotopic (exact) mass is 357 g/mol. The Kier molecular flexibility index (Phi) is 5.86. The molecule has 0 radical (unpaired) electrons. The molecule has 3 rings (SSSR count). The average Bonchev–Trinajstić information content (AvgIpc) is 3.13. The summed E-state index contributed by atoms with van der Waals surface area (Å²) in [6.45, 7) is 11.3. The van der Waals surface area contributed by atoms with Gasteiger partial charge in [0.15, 0.2) is 0 Å². The molecule has 4 nitrogen and oxygen atoms in total. The lowest BCUT2D eigenvalue weighted by Crippen LogP contribution is -2.48. The van der Waals surface area contributed by atoms with E-state index in [1.54, 1.807) is 11.3 Å². The maximum Gasteiger partial charge on any atom is 0.253 e. The molecule has 1 fully saturated rings. The minimum Gasteiger partial charge on any atom is -0.336 e. The van der Waals surface area contributed by atoms with E-state index in [2.05, 4.69) is 30.7 Å². The third kappa shape index (κ3) is 4.28. The van der Waals surface area contributed by atoms with Gasteiger partial charge in [-0.25, -0.2) is 4.98 Å². The van der Waals surface area contributed by atoms with Crippen molar-refractivity contribution in [3.63, 3.8) is 0 Å². The van der Waals surface area contributed by atoms with Gasteiger partial charge in [-0.3, -0.25) is 9.69 Å². The summed E-state index contributed by atoms with van der Waals surface area (Å²) in [4.78, 5) is 22.8. The summed E-state index contributed by atoms with van der Waals surface area (Å²) in [5.74, 6) is 0.598. The van der Waals surface area contributed by atoms with Gasteiger partial charge in [0.25, 0.3) is 5.91 Å². The van der Waals surface area contributed by atoms with Crippen LogP contribution in [0.3, 0.4) is 0 Å². The second kappa shape index (κ2) is 8.11. The second-order valence-corrected chi connectivity index (χ2v) is 7.99. The lowest BCUT2D eigenvalue weighted by Gasteiger charge is -2.34. The summed E-state index contributed by atoms with van der Waals surface area (Å²) >= 11 is 1.73. The molecule has 0 bridgehead atoms. The summed E-state index contributed by atoms with van der Waals surface area (Å²) in [5, 5.41) is 1.15. The van der Waals surface area contributed by atoms with Gasteiger partial charge in [0.05, 0.1) is 9.88 Å². The van der Waals surface area contributed by atoms with Crippen LogP contribution in [0.15, 0.2) is 30.5 Å². The Morgan fingerprint density at radius 2 is 1.84 bits per heavy atom. The van der Waals surface area contributed by atoms with Crippen LogP contribution in [-0.4, -0.2) is 53.4 Å². The van der Waals surface area contributed by atoms with Crippen molar-refractivity contribution in [2.45, 2.75) is 33.1 Å². The number of rotatable bonds is 5.